The van der Waals surface area contributed by atoms with Crippen molar-refractivity contribution in [1.82, 2.24) is 5.32 Å². The standard InChI is InChI=1S/C8H15N5S4/c1-7(3(9)14,4(10)15)13-8(2,5(11)16)6(12)17/h13H,1-2H3,(H2,9,14)(H2,10,15)(H2,11,16)(H2,12,17). The van der Waals surface area contributed by atoms with Gasteiger partial charge in [-0.3, -0.25) is 5.32 Å². The molecule has 96 valence electrons. The highest BCUT2D eigenvalue weighted by Gasteiger charge is 2.42. The van der Waals surface area contributed by atoms with Crippen LogP contribution < -0.4 is 28.3 Å². The van der Waals surface area contributed by atoms with E-state index >= 15 is 0 Å². The molecule has 0 rings (SSSR count). The first-order chi connectivity index (χ1) is 7.48. The third-order valence-electron chi connectivity index (χ3n) is 2.47. The lowest BCUT2D eigenvalue weighted by atomic mass is 9.93. The Morgan fingerprint density at radius 3 is 1.00 bits per heavy atom. The minimum atomic E-state index is -1.12. The van der Waals surface area contributed by atoms with Crippen molar-refractivity contribution in [3.63, 3.8) is 0 Å². The summed E-state index contributed by atoms with van der Waals surface area (Å²) in [5.74, 6) is 0. The highest BCUT2D eigenvalue weighted by atomic mass is 32.1. The van der Waals surface area contributed by atoms with E-state index in [2.05, 4.69) is 5.32 Å². The van der Waals surface area contributed by atoms with Crippen molar-refractivity contribution in [3.8, 4) is 0 Å². The van der Waals surface area contributed by atoms with Gasteiger partial charge in [0.25, 0.3) is 0 Å². The fourth-order valence-corrected chi connectivity index (χ4v) is 1.76. The van der Waals surface area contributed by atoms with Crippen molar-refractivity contribution in [2.45, 2.75) is 24.9 Å². The molecule has 0 aromatic rings. The number of hydrogen-bond donors (Lipinski definition) is 5. The predicted molar refractivity (Wildman–Crippen MR) is 87.1 cm³/mol. The molecule has 0 aliphatic carbocycles. The van der Waals surface area contributed by atoms with Crippen molar-refractivity contribution in [1.29, 1.82) is 0 Å². The van der Waals surface area contributed by atoms with Crippen LogP contribution in [0.2, 0.25) is 0 Å². The van der Waals surface area contributed by atoms with Gasteiger partial charge in [0.15, 0.2) is 0 Å². The lowest BCUT2D eigenvalue weighted by Crippen LogP contribution is -2.72. The Bertz CT molecular complexity index is 327. The summed E-state index contributed by atoms with van der Waals surface area (Å²) in [5.41, 5.74) is 20.2. The molecule has 0 heterocycles. The SMILES string of the molecule is CC(NC(C)(C(N)=S)C(N)=S)(C(N)=S)C(N)=S. The van der Waals surface area contributed by atoms with E-state index in [1.54, 1.807) is 13.8 Å². The molecule has 9 heteroatoms. The number of hydrogen-bond acceptors (Lipinski definition) is 5. The van der Waals surface area contributed by atoms with Crippen molar-refractivity contribution in [2.24, 2.45) is 22.9 Å². The van der Waals surface area contributed by atoms with E-state index in [9.17, 15) is 0 Å². The Kier molecular flexibility index (Phi) is 5.29. The maximum Gasteiger partial charge on any atom is 0.118 e. The van der Waals surface area contributed by atoms with Crippen LogP contribution in [0, 0.1) is 0 Å². The fourth-order valence-electron chi connectivity index (χ4n) is 0.989. The van der Waals surface area contributed by atoms with Gasteiger partial charge in [-0.1, -0.05) is 48.9 Å². The minimum absolute atomic E-state index is 0.0590. The van der Waals surface area contributed by atoms with Crippen LogP contribution in [0.5, 0.6) is 0 Å². The van der Waals surface area contributed by atoms with Crippen LogP contribution >= 0.6 is 48.9 Å². The van der Waals surface area contributed by atoms with Gasteiger partial charge >= 0.3 is 0 Å². The van der Waals surface area contributed by atoms with Gasteiger partial charge in [0.2, 0.25) is 0 Å². The minimum Gasteiger partial charge on any atom is -0.391 e. The first kappa shape index (κ1) is 16.5. The molecule has 0 fully saturated rings. The molecule has 0 aromatic heterocycles. The summed E-state index contributed by atoms with van der Waals surface area (Å²) in [5, 5.41) is 2.94. The number of thiocarbonyl (C=S) groups is 4. The second-order valence-corrected chi connectivity index (χ2v) is 5.59. The molecule has 0 bridgehead atoms. The van der Waals surface area contributed by atoms with E-state index < -0.39 is 11.1 Å². The molecule has 9 N–H and O–H groups in total. The van der Waals surface area contributed by atoms with Gasteiger partial charge < -0.3 is 22.9 Å². The smallest absolute Gasteiger partial charge is 0.118 e. The maximum atomic E-state index is 5.61. The van der Waals surface area contributed by atoms with Crippen LogP contribution in [-0.4, -0.2) is 31.0 Å². The van der Waals surface area contributed by atoms with Crippen LogP contribution in [0.3, 0.4) is 0 Å². The highest BCUT2D eigenvalue weighted by molar-refractivity contribution is 7.83. The van der Waals surface area contributed by atoms with E-state index in [0.29, 0.717) is 0 Å². The quantitative estimate of drug-likeness (QED) is 0.404. The Hall–Kier alpha value is -0.480. The van der Waals surface area contributed by atoms with Gasteiger partial charge in [0, 0.05) is 0 Å². The molecule has 0 amide bonds. The Morgan fingerprint density at radius 1 is 0.706 bits per heavy atom. The summed E-state index contributed by atoms with van der Waals surface area (Å²) in [4.78, 5) is 0.236. The summed E-state index contributed by atoms with van der Waals surface area (Å²) in [6.45, 7) is 3.24. The van der Waals surface area contributed by atoms with Crippen molar-refractivity contribution in [2.75, 3.05) is 0 Å². The summed E-state index contributed by atoms with van der Waals surface area (Å²) in [7, 11) is 0. The first-order valence-electron chi connectivity index (χ1n) is 4.47. The van der Waals surface area contributed by atoms with Gasteiger partial charge in [-0.2, -0.15) is 0 Å². The molecule has 0 radical (unpaired) electrons. The zero-order valence-electron chi connectivity index (χ0n) is 9.44. The van der Waals surface area contributed by atoms with Gasteiger partial charge in [-0.25, -0.2) is 0 Å². The molecule has 17 heavy (non-hydrogen) atoms. The molecule has 0 saturated carbocycles. The summed E-state index contributed by atoms with van der Waals surface area (Å²) < 4.78 is 0. The predicted octanol–water partition coefficient (Wildman–Crippen LogP) is -0.762. The number of nitrogens with one attached hydrogen (secondary N) is 1. The summed E-state index contributed by atoms with van der Waals surface area (Å²) >= 11 is 19.7. The van der Waals surface area contributed by atoms with Crippen LogP contribution in [-0.2, 0) is 0 Å². The average Bonchev–Trinajstić information content (AvgIpc) is 2.15. The Balaban J connectivity index is 5.53. The Morgan fingerprint density at radius 2 is 0.882 bits per heavy atom. The van der Waals surface area contributed by atoms with Crippen molar-refractivity contribution >= 4 is 68.8 Å². The van der Waals surface area contributed by atoms with Gasteiger partial charge in [0.05, 0.1) is 20.0 Å². The molecule has 0 spiro atoms. The molecule has 0 unspecified atom stereocenters. The molecule has 0 aliphatic heterocycles. The lowest BCUT2D eigenvalue weighted by Gasteiger charge is -2.39. The first-order valence-corrected chi connectivity index (χ1v) is 6.10. The summed E-state index contributed by atoms with van der Waals surface area (Å²) in [6, 6.07) is 0. The van der Waals surface area contributed by atoms with E-state index in [0.717, 1.165) is 0 Å². The average molecular weight is 310 g/mol. The van der Waals surface area contributed by atoms with Gasteiger partial charge in [0.1, 0.15) is 11.1 Å². The number of nitrogens with two attached hydrogens (primary N) is 4. The maximum absolute atomic E-state index is 5.61. The van der Waals surface area contributed by atoms with E-state index in [1.807, 2.05) is 0 Å². The third kappa shape index (κ3) is 3.26. The summed E-state index contributed by atoms with van der Waals surface area (Å²) in [6.07, 6.45) is 0. The van der Waals surface area contributed by atoms with Crippen molar-refractivity contribution < 1.29 is 0 Å². The van der Waals surface area contributed by atoms with Crippen LogP contribution in [0.25, 0.3) is 0 Å². The zero-order valence-corrected chi connectivity index (χ0v) is 12.7. The van der Waals surface area contributed by atoms with E-state index in [4.69, 9.17) is 71.8 Å². The monoisotopic (exact) mass is 309 g/mol. The molecule has 0 saturated heterocycles. The third-order valence-corrected chi connectivity index (χ3v) is 4.10. The van der Waals surface area contributed by atoms with Crippen molar-refractivity contribution in [3.05, 3.63) is 0 Å². The zero-order chi connectivity index (χ0) is 14.0. The van der Waals surface area contributed by atoms with E-state index in [1.165, 1.54) is 0 Å². The molecule has 5 nitrogen and oxygen atoms in total. The number of rotatable bonds is 6. The molecular weight excluding hydrogens is 294 g/mol. The Labute approximate surface area is 122 Å². The topological polar surface area (TPSA) is 116 Å². The van der Waals surface area contributed by atoms with Crippen LogP contribution in [0.1, 0.15) is 13.8 Å². The van der Waals surface area contributed by atoms with Crippen LogP contribution in [0.4, 0.5) is 0 Å². The molecule has 0 aromatic carbocycles. The molecule has 0 atom stereocenters. The second-order valence-electron chi connectivity index (χ2n) is 3.83. The molecular formula is C8H15N5S4. The van der Waals surface area contributed by atoms with Gasteiger partial charge in [-0.15, -0.1) is 0 Å². The molecule has 0 aliphatic rings. The van der Waals surface area contributed by atoms with Crippen LogP contribution in [0.15, 0.2) is 0 Å². The largest absolute Gasteiger partial charge is 0.391 e. The van der Waals surface area contributed by atoms with Gasteiger partial charge in [-0.05, 0) is 13.8 Å². The highest BCUT2D eigenvalue weighted by Crippen LogP contribution is 2.15. The second kappa shape index (κ2) is 5.44. The lowest BCUT2D eigenvalue weighted by molar-refractivity contribution is 0.510. The van der Waals surface area contributed by atoms with E-state index in [-0.39, 0.29) is 20.0 Å². The fraction of sp³-hybridized carbons (Fsp3) is 0.500. The normalized spacial score (nSPS) is 11.9.